The van der Waals surface area contributed by atoms with E-state index in [2.05, 4.69) is 20.6 Å². The standard InChI is InChI=1S/C18H27N5O2S/c1-19-17(20-12-15-13-26-18(22-15)23(2)3)21-14-7-5-8-16(11-14)25-10-6-9-24-4/h5,7-8,11,13H,6,9-10,12H2,1-4H3,(H2,19,20,21). The Hall–Kier alpha value is -2.32. The van der Waals surface area contributed by atoms with Crippen LogP contribution >= 0.6 is 11.3 Å². The van der Waals surface area contributed by atoms with Crippen LogP contribution in [-0.4, -0.2) is 52.4 Å². The number of ether oxygens (including phenoxy) is 2. The maximum Gasteiger partial charge on any atom is 0.195 e. The lowest BCUT2D eigenvalue weighted by Crippen LogP contribution is -2.30. The maximum atomic E-state index is 5.72. The molecule has 7 nitrogen and oxygen atoms in total. The second kappa shape index (κ2) is 10.6. The largest absolute Gasteiger partial charge is 0.493 e. The first-order valence-electron chi connectivity index (χ1n) is 8.43. The second-order valence-electron chi connectivity index (χ2n) is 5.79. The van der Waals surface area contributed by atoms with Crippen molar-refractivity contribution in [1.29, 1.82) is 0 Å². The molecule has 2 rings (SSSR count). The van der Waals surface area contributed by atoms with Crippen LogP contribution in [0.5, 0.6) is 5.75 Å². The van der Waals surface area contributed by atoms with Crippen LogP contribution in [0.15, 0.2) is 34.6 Å². The van der Waals surface area contributed by atoms with Crippen molar-refractivity contribution >= 4 is 28.1 Å². The van der Waals surface area contributed by atoms with Crippen LogP contribution in [0.3, 0.4) is 0 Å². The molecule has 1 aromatic heterocycles. The van der Waals surface area contributed by atoms with E-state index in [1.54, 1.807) is 25.5 Å². The van der Waals surface area contributed by atoms with Crippen molar-refractivity contribution in [3.05, 3.63) is 35.3 Å². The summed E-state index contributed by atoms with van der Waals surface area (Å²) >= 11 is 1.62. The van der Waals surface area contributed by atoms with Crippen LogP contribution in [0.1, 0.15) is 12.1 Å². The van der Waals surface area contributed by atoms with Crippen molar-refractivity contribution in [3.63, 3.8) is 0 Å². The highest BCUT2D eigenvalue weighted by Crippen LogP contribution is 2.19. The Morgan fingerprint density at radius 1 is 1.31 bits per heavy atom. The topological polar surface area (TPSA) is 71.0 Å². The summed E-state index contributed by atoms with van der Waals surface area (Å²) < 4.78 is 10.8. The molecule has 0 bridgehead atoms. The third kappa shape index (κ3) is 6.53. The van der Waals surface area contributed by atoms with Crippen LogP contribution in [0.25, 0.3) is 0 Å². The van der Waals surface area contributed by atoms with Gasteiger partial charge in [0.25, 0.3) is 0 Å². The minimum absolute atomic E-state index is 0.608. The fourth-order valence-corrected chi connectivity index (χ4v) is 2.89. The predicted molar refractivity (Wildman–Crippen MR) is 109 cm³/mol. The Kier molecular flexibility index (Phi) is 8.17. The van der Waals surface area contributed by atoms with E-state index in [9.17, 15) is 0 Å². The number of aromatic nitrogens is 1. The van der Waals surface area contributed by atoms with Gasteiger partial charge in [-0.25, -0.2) is 4.98 Å². The molecule has 2 aromatic rings. The van der Waals surface area contributed by atoms with Gasteiger partial charge in [0.15, 0.2) is 11.1 Å². The Morgan fingerprint density at radius 3 is 2.85 bits per heavy atom. The summed E-state index contributed by atoms with van der Waals surface area (Å²) in [5, 5.41) is 9.58. The number of guanidine groups is 1. The van der Waals surface area contributed by atoms with E-state index in [1.807, 2.05) is 48.6 Å². The highest BCUT2D eigenvalue weighted by atomic mass is 32.1. The quantitative estimate of drug-likeness (QED) is 0.398. The number of rotatable bonds is 9. The van der Waals surface area contributed by atoms with Gasteiger partial charge in [-0.15, -0.1) is 11.3 Å². The molecule has 26 heavy (non-hydrogen) atoms. The Morgan fingerprint density at radius 2 is 2.15 bits per heavy atom. The smallest absolute Gasteiger partial charge is 0.195 e. The summed E-state index contributed by atoms with van der Waals surface area (Å²) in [6.45, 7) is 1.93. The lowest BCUT2D eigenvalue weighted by atomic mass is 10.3. The first-order valence-corrected chi connectivity index (χ1v) is 9.31. The lowest BCUT2D eigenvalue weighted by Gasteiger charge is -2.12. The highest BCUT2D eigenvalue weighted by molar-refractivity contribution is 7.13. The fraction of sp³-hybridized carbons (Fsp3) is 0.444. The number of nitrogens with one attached hydrogen (secondary N) is 2. The first kappa shape index (κ1) is 20.0. The molecule has 0 spiro atoms. The fourth-order valence-electron chi connectivity index (χ4n) is 2.13. The van der Waals surface area contributed by atoms with Crippen molar-refractivity contribution in [2.45, 2.75) is 13.0 Å². The number of aliphatic imine (C=N–C) groups is 1. The van der Waals surface area contributed by atoms with Gasteiger partial charge in [0, 0.05) is 58.4 Å². The van der Waals surface area contributed by atoms with Crippen molar-refractivity contribution in [2.75, 3.05) is 51.7 Å². The molecule has 1 aromatic carbocycles. The van der Waals surface area contributed by atoms with Gasteiger partial charge in [-0.05, 0) is 12.1 Å². The number of hydrogen-bond donors (Lipinski definition) is 2. The van der Waals surface area contributed by atoms with Gasteiger partial charge in [-0.2, -0.15) is 0 Å². The van der Waals surface area contributed by atoms with Gasteiger partial charge in [0.05, 0.1) is 18.8 Å². The first-order chi connectivity index (χ1) is 12.6. The van der Waals surface area contributed by atoms with E-state index in [4.69, 9.17) is 9.47 Å². The normalized spacial score (nSPS) is 11.3. The van der Waals surface area contributed by atoms with Crippen molar-refractivity contribution in [1.82, 2.24) is 10.3 Å². The molecule has 0 saturated carbocycles. The number of benzene rings is 1. The SMILES string of the molecule is CN=C(NCc1csc(N(C)C)n1)Nc1cccc(OCCCOC)c1. The minimum Gasteiger partial charge on any atom is -0.493 e. The molecule has 0 fully saturated rings. The molecular weight excluding hydrogens is 350 g/mol. The van der Waals surface area contributed by atoms with Gasteiger partial charge in [-0.3, -0.25) is 4.99 Å². The molecule has 1 heterocycles. The number of thiazole rings is 1. The zero-order valence-electron chi connectivity index (χ0n) is 15.8. The van der Waals surface area contributed by atoms with Gasteiger partial charge in [0.2, 0.25) is 0 Å². The van der Waals surface area contributed by atoms with Gasteiger partial charge in [0.1, 0.15) is 5.75 Å². The maximum absolute atomic E-state index is 5.72. The minimum atomic E-state index is 0.608. The number of nitrogens with zero attached hydrogens (tertiary/aromatic N) is 3. The molecule has 142 valence electrons. The van der Waals surface area contributed by atoms with E-state index >= 15 is 0 Å². The number of hydrogen-bond acceptors (Lipinski definition) is 6. The average molecular weight is 378 g/mol. The highest BCUT2D eigenvalue weighted by Gasteiger charge is 2.06. The van der Waals surface area contributed by atoms with Crippen LogP contribution in [-0.2, 0) is 11.3 Å². The molecule has 0 unspecified atom stereocenters. The summed E-state index contributed by atoms with van der Waals surface area (Å²) in [7, 11) is 7.41. The molecule has 8 heteroatoms. The van der Waals surface area contributed by atoms with Crippen molar-refractivity contribution in [2.24, 2.45) is 4.99 Å². The number of anilines is 2. The Bertz CT molecular complexity index is 702. The molecule has 0 saturated heterocycles. The van der Waals surface area contributed by atoms with Crippen LogP contribution in [0.4, 0.5) is 10.8 Å². The Balaban J connectivity index is 1.86. The predicted octanol–water partition coefficient (Wildman–Crippen LogP) is 2.81. The molecule has 0 radical (unpaired) electrons. The van der Waals surface area contributed by atoms with Gasteiger partial charge < -0.3 is 25.0 Å². The third-order valence-electron chi connectivity index (χ3n) is 3.44. The van der Waals surface area contributed by atoms with Gasteiger partial charge >= 0.3 is 0 Å². The molecular formula is C18H27N5O2S. The third-order valence-corrected chi connectivity index (χ3v) is 4.50. The summed E-state index contributed by atoms with van der Waals surface area (Å²) in [6, 6.07) is 7.81. The van der Waals surface area contributed by atoms with Crippen molar-refractivity contribution in [3.8, 4) is 5.75 Å². The molecule has 0 aliphatic heterocycles. The lowest BCUT2D eigenvalue weighted by molar-refractivity contribution is 0.172. The molecule has 0 atom stereocenters. The number of methoxy groups -OCH3 is 1. The van der Waals surface area contributed by atoms with E-state index in [0.717, 1.165) is 28.7 Å². The van der Waals surface area contributed by atoms with E-state index in [1.165, 1.54) is 0 Å². The van der Waals surface area contributed by atoms with Gasteiger partial charge in [-0.1, -0.05) is 6.07 Å². The van der Waals surface area contributed by atoms with Crippen LogP contribution in [0.2, 0.25) is 0 Å². The molecule has 0 aliphatic rings. The Labute approximate surface area is 159 Å². The van der Waals surface area contributed by atoms with Crippen LogP contribution < -0.4 is 20.3 Å². The van der Waals surface area contributed by atoms with E-state index in [-0.39, 0.29) is 0 Å². The molecule has 2 N–H and O–H groups in total. The summed E-state index contributed by atoms with van der Waals surface area (Å²) in [4.78, 5) is 10.8. The monoisotopic (exact) mass is 377 g/mol. The zero-order valence-corrected chi connectivity index (χ0v) is 16.6. The molecule has 0 aliphatic carbocycles. The second-order valence-corrected chi connectivity index (χ2v) is 6.63. The average Bonchev–Trinajstić information content (AvgIpc) is 3.12. The summed E-state index contributed by atoms with van der Waals surface area (Å²) in [5.41, 5.74) is 1.89. The zero-order chi connectivity index (χ0) is 18.8. The van der Waals surface area contributed by atoms with Crippen LogP contribution in [0, 0.1) is 0 Å². The summed E-state index contributed by atoms with van der Waals surface area (Å²) in [6.07, 6.45) is 0.861. The van der Waals surface area contributed by atoms with Crippen molar-refractivity contribution < 1.29 is 9.47 Å². The van der Waals surface area contributed by atoms with E-state index in [0.29, 0.717) is 25.7 Å². The van der Waals surface area contributed by atoms with E-state index < -0.39 is 0 Å². The summed E-state index contributed by atoms with van der Waals surface area (Å²) in [5.74, 6) is 1.50. The molecule has 0 amide bonds.